The van der Waals surface area contributed by atoms with Crippen molar-refractivity contribution in [2.75, 3.05) is 13.2 Å². The van der Waals surface area contributed by atoms with Crippen molar-refractivity contribution in [3.8, 4) is 0 Å². The maximum atomic E-state index is 10.5. The first kappa shape index (κ1) is 8.53. The molecule has 0 aliphatic carbocycles. The van der Waals surface area contributed by atoms with E-state index in [1.165, 1.54) is 6.92 Å². The van der Waals surface area contributed by atoms with Gasteiger partial charge in [0, 0.05) is 12.3 Å². The van der Waals surface area contributed by atoms with Crippen molar-refractivity contribution in [2.45, 2.75) is 26.9 Å². The van der Waals surface area contributed by atoms with Crippen LogP contribution in [0.4, 0.5) is 0 Å². The molecule has 1 aliphatic heterocycles. The summed E-state index contributed by atoms with van der Waals surface area (Å²) >= 11 is 0. The average molecular weight is 158 g/mol. The normalized spacial score (nSPS) is 23.0. The van der Waals surface area contributed by atoms with Gasteiger partial charge in [0.05, 0.1) is 19.3 Å². The zero-order chi connectivity index (χ0) is 8.48. The minimum Gasteiger partial charge on any atom is -0.465 e. The van der Waals surface area contributed by atoms with Gasteiger partial charge < -0.3 is 9.47 Å². The highest BCUT2D eigenvalue weighted by Crippen LogP contribution is 2.32. The fourth-order valence-electron chi connectivity index (χ4n) is 0.880. The van der Waals surface area contributed by atoms with Gasteiger partial charge in [0.1, 0.15) is 0 Å². The molecule has 0 aromatic carbocycles. The number of hydrogen-bond acceptors (Lipinski definition) is 3. The predicted molar refractivity (Wildman–Crippen MR) is 40.2 cm³/mol. The summed E-state index contributed by atoms with van der Waals surface area (Å²) in [6.07, 6.45) is 0.279. The molecule has 64 valence electrons. The second-order valence-corrected chi connectivity index (χ2v) is 3.59. The van der Waals surface area contributed by atoms with E-state index in [4.69, 9.17) is 9.47 Å². The number of hydrogen-bond donors (Lipinski definition) is 0. The number of carbonyl (C=O) groups excluding carboxylic acids is 1. The van der Waals surface area contributed by atoms with Crippen molar-refractivity contribution in [3.63, 3.8) is 0 Å². The van der Waals surface area contributed by atoms with Crippen molar-refractivity contribution in [1.29, 1.82) is 0 Å². The molecule has 0 N–H and O–H groups in total. The lowest BCUT2D eigenvalue weighted by Gasteiger charge is -2.20. The Bertz CT molecular complexity index is 159. The van der Waals surface area contributed by atoms with Crippen molar-refractivity contribution in [1.82, 2.24) is 0 Å². The van der Waals surface area contributed by atoms with Crippen molar-refractivity contribution in [2.24, 2.45) is 5.41 Å². The van der Waals surface area contributed by atoms with Gasteiger partial charge in [-0.15, -0.1) is 0 Å². The Kier molecular flexibility index (Phi) is 2.18. The molecule has 11 heavy (non-hydrogen) atoms. The summed E-state index contributed by atoms with van der Waals surface area (Å²) in [7, 11) is 0. The van der Waals surface area contributed by atoms with Gasteiger partial charge in [0.25, 0.3) is 0 Å². The van der Waals surface area contributed by atoms with Crippen LogP contribution in [-0.4, -0.2) is 25.3 Å². The van der Waals surface area contributed by atoms with E-state index in [1.54, 1.807) is 0 Å². The first-order chi connectivity index (χ1) is 5.02. The highest BCUT2D eigenvalue weighted by Gasteiger charge is 2.40. The second-order valence-electron chi connectivity index (χ2n) is 3.59. The maximum absolute atomic E-state index is 10.5. The molecule has 0 saturated carbocycles. The predicted octanol–water partition coefficient (Wildman–Crippen LogP) is 0.975. The third-order valence-electron chi connectivity index (χ3n) is 1.85. The van der Waals surface area contributed by atoms with Crippen LogP contribution >= 0.6 is 0 Å². The number of ether oxygens (including phenoxy) is 2. The molecule has 3 heteroatoms. The minimum absolute atomic E-state index is 0.0222. The fraction of sp³-hybridized carbons (Fsp3) is 0.875. The SMILES string of the molecule is CC(=O)OCC(C)(C)C1CO1. The van der Waals surface area contributed by atoms with E-state index in [2.05, 4.69) is 0 Å². The molecule has 1 atom stereocenters. The summed E-state index contributed by atoms with van der Waals surface area (Å²) in [4.78, 5) is 10.5. The van der Waals surface area contributed by atoms with Crippen LogP contribution in [0.15, 0.2) is 0 Å². The Balaban J connectivity index is 2.27. The van der Waals surface area contributed by atoms with Gasteiger partial charge in [-0.1, -0.05) is 13.8 Å². The summed E-state index contributed by atoms with van der Waals surface area (Å²) in [6, 6.07) is 0. The first-order valence-corrected chi connectivity index (χ1v) is 3.77. The maximum Gasteiger partial charge on any atom is 0.302 e. The van der Waals surface area contributed by atoms with Gasteiger partial charge in [-0.05, 0) is 0 Å². The molecule has 1 fully saturated rings. The first-order valence-electron chi connectivity index (χ1n) is 3.77. The lowest BCUT2D eigenvalue weighted by Crippen LogP contribution is -2.26. The molecule has 1 unspecified atom stereocenters. The lowest BCUT2D eigenvalue weighted by molar-refractivity contribution is -0.144. The molecule has 0 aromatic heterocycles. The van der Waals surface area contributed by atoms with Crippen molar-refractivity contribution >= 4 is 5.97 Å². The molecular weight excluding hydrogens is 144 g/mol. The molecule has 1 aliphatic rings. The standard InChI is InChI=1S/C8H14O3/c1-6(9)11-5-8(2,3)7-4-10-7/h7H,4-5H2,1-3H3. The van der Waals surface area contributed by atoms with Crippen LogP contribution in [0, 0.1) is 5.41 Å². The third kappa shape index (κ3) is 2.50. The van der Waals surface area contributed by atoms with Crippen LogP contribution in [0.25, 0.3) is 0 Å². The number of carbonyl (C=O) groups is 1. The zero-order valence-corrected chi connectivity index (χ0v) is 7.22. The van der Waals surface area contributed by atoms with Crippen LogP contribution in [0.2, 0.25) is 0 Å². The van der Waals surface area contributed by atoms with Gasteiger partial charge in [0.2, 0.25) is 0 Å². The van der Waals surface area contributed by atoms with Crippen LogP contribution in [0.1, 0.15) is 20.8 Å². The largest absolute Gasteiger partial charge is 0.465 e. The summed E-state index contributed by atoms with van der Waals surface area (Å²) < 4.78 is 10.0. The Morgan fingerprint density at radius 2 is 2.27 bits per heavy atom. The van der Waals surface area contributed by atoms with Crippen LogP contribution in [0.3, 0.4) is 0 Å². The van der Waals surface area contributed by atoms with E-state index in [0.717, 1.165) is 6.61 Å². The molecule has 0 aromatic rings. The minimum atomic E-state index is -0.223. The lowest BCUT2D eigenvalue weighted by atomic mass is 9.91. The molecule has 0 amide bonds. The molecule has 0 radical (unpaired) electrons. The third-order valence-corrected chi connectivity index (χ3v) is 1.85. The molecular formula is C8H14O3. The topological polar surface area (TPSA) is 38.8 Å². The second kappa shape index (κ2) is 2.81. The van der Waals surface area contributed by atoms with E-state index in [1.807, 2.05) is 13.8 Å². The van der Waals surface area contributed by atoms with E-state index >= 15 is 0 Å². The highest BCUT2D eigenvalue weighted by atomic mass is 16.6. The Morgan fingerprint density at radius 3 is 2.64 bits per heavy atom. The van der Waals surface area contributed by atoms with Gasteiger partial charge >= 0.3 is 5.97 Å². The van der Waals surface area contributed by atoms with E-state index < -0.39 is 0 Å². The number of esters is 1. The molecule has 1 heterocycles. The monoisotopic (exact) mass is 158 g/mol. The number of rotatable bonds is 3. The van der Waals surface area contributed by atoms with Crippen LogP contribution in [-0.2, 0) is 14.3 Å². The zero-order valence-electron chi connectivity index (χ0n) is 7.22. The fourth-order valence-corrected chi connectivity index (χ4v) is 0.880. The summed E-state index contributed by atoms with van der Waals surface area (Å²) in [5.41, 5.74) is -0.0222. The Hall–Kier alpha value is -0.570. The molecule has 0 spiro atoms. The molecule has 3 nitrogen and oxygen atoms in total. The van der Waals surface area contributed by atoms with E-state index in [-0.39, 0.29) is 17.5 Å². The molecule has 1 rings (SSSR count). The van der Waals surface area contributed by atoms with E-state index in [0.29, 0.717) is 6.61 Å². The number of epoxide rings is 1. The van der Waals surface area contributed by atoms with Gasteiger partial charge in [-0.3, -0.25) is 4.79 Å². The van der Waals surface area contributed by atoms with E-state index in [9.17, 15) is 4.79 Å². The van der Waals surface area contributed by atoms with Crippen molar-refractivity contribution in [3.05, 3.63) is 0 Å². The van der Waals surface area contributed by atoms with Gasteiger partial charge in [0.15, 0.2) is 0 Å². The van der Waals surface area contributed by atoms with Crippen molar-refractivity contribution < 1.29 is 14.3 Å². The van der Waals surface area contributed by atoms with Gasteiger partial charge in [-0.2, -0.15) is 0 Å². The Morgan fingerprint density at radius 1 is 1.73 bits per heavy atom. The van der Waals surface area contributed by atoms with Crippen LogP contribution < -0.4 is 0 Å². The quantitative estimate of drug-likeness (QED) is 0.454. The summed E-state index contributed by atoms with van der Waals surface area (Å²) in [5.74, 6) is -0.223. The Labute approximate surface area is 66.7 Å². The molecule has 0 bridgehead atoms. The van der Waals surface area contributed by atoms with Crippen LogP contribution in [0.5, 0.6) is 0 Å². The average Bonchev–Trinajstić information content (AvgIpc) is 2.64. The summed E-state index contributed by atoms with van der Waals surface area (Å²) in [5, 5.41) is 0. The van der Waals surface area contributed by atoms with Gasteiger partial charge in [-0.25, -0.2) is 0 Å². The highest BCUT2D eigenvalue weighted by molar-refractivity contribution is 5.65. The smallest absolute Gasteiger partial charge is 0.302 e. The molecule has 1 saturated heterocycles. The summed E-state index contributed by atoms with van der Waals surface area (Å²) in [6.45, 7) is 6.74.